The molecule has 3 rings (SSSR count). The summed E-state index contributed by atoms with van der Waals surface area (Å²) in [4.78, 5) is 9.41. The minimum Gasteiger partial charge on any atom is -0.382 e. The van der Waals surface area contributed by atoms with Gasteiger partial charge in [-0.15, -0.1) is 0 Å². The van der Waals surface area contributed by atoms with Gasteiger partial charge in [-0.3, -0.25) is 0 Å². The number of hydrogen-bond donors (Lipinski definition) is 1. The molecule has 0 unspecified atom stereocenters. The standard InChI is InChI=1S/C21H34N4S/c1-4-5-12-26-13-8-6-7-11-25-18(14-17-9-10-17)24-19-20(25)15(2)16(3)23-21(19)22/h17H,4-14H2,1-3H3,(H2,22,23). The maximum atomic E-state index is 6.20. The van der Waals surface area contributed by atoms with E-state index in [-0.39, 0.29) is 0 Å². The summed E-state index contributed by atoms with van der Waals surface area (Å²) in [5, 5.41) is 0. The van der Waals surface area contributed by atoms with E-state index in [0.717, 1.165) is 30.1 Å². The highest BCUT2D eigenvalue weighted by Crippen LogP contribution is 2.34. The molecule has 144 valence electrons. The molecular weight excluding hydrogens is 340 g/mol. The van der Waals surface area contributed by atoms with Crippen LogP contribution < -0.4 is 5.73 Å². The molecule has 0 radical (unpaired) electrons. The second kappa shape index (κ2) is 9.12. The van der Waals surface area contributed by atoms with Crippen LogP contribution in [-0.4, -0.2) is 26.0 Å². The molecule has 1 saturated carbocycles. The van der Waals surface area contributed by atoms with Gasteiger partial charge >= 0.3 is 0 Å². The van der Waals surface area contributed by atoms with Crippen LogP contribution >= 0.6 is 11.8 Å². The highest BCUT2D eigenvalue weighted by atomic mass is 32.2. The van der Waals surface area contributed by atoms with Gasteiger partial charge in [-0.05, 0) is 68.9 Å². The van der Waals surface area contributed by atoms with E-state index >= 15 is 0 Å². The number of aryl methyl sites for hydroxylation is 3. The van der Waals surface area contributed by atoms with Gasteiger partial charge in [0, 0.05) is 18.7 Å². The van der Waals surface area contributed by atoms with Crippen LogP contribution in [0.2, 0.25) is 0 Å². The summed E-state index contributed by atoms with van der Waals surface area (Å²) >= 11 is 2.11. The summed E-state index contributed by atoms with van der Waals surface area (Å²) in [5.41, 5.74) is 10.6. The van der Waals surface area contributed by atoms with Gasteiger partial charge in [0.1, 0.15) is 11.3 Å². The monoisotopic (exact) mass is 374 g/mol. The molecule has 1 fully saturated rings. The van der Waals surface area contributed by atoms with Gasteiger partial charge in [0.25, 0.3) is 0 Å². The molecule has 2 aromatic heterocycles. The molecule has 0 aromatic carbocycles. The Labute approximate surface area is 162 Å². The molecule has 0 amide bonds. The number of rotatable bonds is 11. The van der Waals surface area contributed by atoms with Gasteiger partial charge in [-0.1, -0.05) is 19.8 Å². The number of nitrogens with zero attached hydrogens (tertiary/aromatic N) is 3. The topological polar surface area (TPSA) is 56.7 Å². The fourth-order valence-electron chi connectivity index (χ4n) is 3.52. The fourth-order valence-corrected chi connectivity index (χ4v) is 4.63. The molecule has 0 spiro atoms. The second-order valence-electron chi connectivity index (χ2n) is 7.76. The highest BCUT2D eigenvalue weighted by molar-refractivity contribution is 7.99. The van der Waals surface area contributed by atoms with E-state index < -0.39 is 0 Å². The van der Waals surface area contributed by atoms with Crippen molar-refractivity contribution in [3.8, 4) is 0 Å². The lowest BCUT2D eigenvalue weighted by Gasteiger charge is -2.12. The zero-order chi connectivity index (χ0) is 18.5. The van der Waals surface area contributed by atoms with Crippen LogP contribution in [0.3, 0.4) is 0 Å². The van der Waals surface area contributed by atoms with Gasteiger partial charge in [0.05, 0.1) is 5.52 Å². The Morgan fingerprint density at radius 2 is 1.85 bits per heavy atom. The minimum atomic E-state index is 0.589. The van der Waals surface area contributed by atoms with E-state index in [0.29, 0.717) is 5.82 Å². The molecule has 1 aliphatic carbocycles. The predicted octanol–water partition coefficient (Wildman–Crippen LogP) is 5.29. The van der Waals surface area contributed by atoms with Crippen LogP contribution in [0.15, 0.2) is 0 Å². The van der Waals surface area contributed by atoms with Gasteiger partial charge < -0.3 is 10.3 Å². The van der Waals surface area contributed by atoms with Crippen LogP contribution in [0.25, 0.3) is 11.0 Å². The Hall–Kier alpha value is -1.23. The number of anilines is 1. The third kappa shape index (κ3) is 4.73. The molecule has 0 aliphatic heterocycles. The van der Waals surface area contributed by atoms with Gasteiger partial charge in [0.2, 0.25) is 0 Å². The summed E-state index contributed by atoms with van der Waals surface area (Å²) < 4.78 is 2.46. The lowest BCUT2D eigenvalue weighted by Crippen LogP contribution is -2.07. The summed E-state index contributed by atoms with van der Waals surface area (Å²) in [5.74, 6) is 5.26. The Kier molecular flexibility index (Phi) is 6.85. The van der Waals surface area contributed by atoms with Crippen molar-refractivity contribution >= 4 is 28.6 Å². The Bertz CT molecular complexity index is 733. The maximum Gasteiger partial charge on any atom is 0.151 e. The van der Waals surface area contributed by atoms with Crippen LogP contribution in [-0.2, 0) is 13.0 Å². The predicted molar refractivity (Wildman–Crippen MR) is 114 cm³/mol. The van der Waals surface area contributed by atoms with Crippen molar-refractivity contribution in [3.63, 3.8) is 0 Å². The maximum absolute atomic E-state index is 6.20. The molecule has 0 atom stereocenters. The first-order valence-corrected chi connectivity index (χ1v) is 11.5. The van der Waals surface area contributed by atoms with Gasteiger partial charge in [-0.2, -0.15) is 11.8 Å². The number of hydrogen-bond acceptors (Lipinski definition) is 4. The number of imidazole rings is 1. The minimum absolute atomic E-state index is 0.589. The zero-order valence-corrected chi connectivity index (χ0v) is 17.5. The Morgan fingerprint density at radius 3 is 2.58 bits per heavy atom. The van der Waals surface area contributed by atoms with Crippen LogP contribution in [0.5, 0.6) is 0 Å². The third-order valence-electron chi connectivity index (χ3n) is 5.46. The van der Waals surface area contributed by atoms with E-state index in [4.69, 9.17) is 10.7 Å². The van der Waals surface area contributed by atoms with Crippen LogP contribution in [0, 0.1) is 19.8 Å². The zero-order valence-electron chi connectivity index (χ0n) is 16.7. The molecule has 5 heteroatoms. The first-order valence-electron chi connectivity index (χ1n) is 10.3. The van der Waals surface area contributed by atoms with Crippen molar-refractivity contribution in [1.82, 2.24) is 14.5 Å². The van der Waals surface area contributed by atoms with E-state index in [2.05, 4.69) is 42.1 Å². The van der Waals surface area contributed by atoms with Crippen molar-refractivity contribution in [3.05, 3.63) is 17.1 Å². The summed E-state index contributed by atoms with van der Waals surface area (Å²) in [6, 6.07) is 0. The summed E-state index contributed by atoms with van der Waals surface area (Å²) in [7, 11) is 0. The summed E-state index contributed by atoms with van der Waals surface area (Å²) in [6.07, 6.45) is 10.3. The number of fused-ring (bicyclic) bond motifs is 1. The van der Waals surface area contributed by atoms with Crippen LogP contribution in [0.1, 0.15) is 69.0 Å². The number of unbranched alkanes of at least 4 members (excludes halogenated alkanes) is 3. The summed E-state index contributed by atoms with van der Waals surface area (Å²) in [6.45, 7) is 7.53. The van der Waals surface area contributed by atoms with Crippen LogP contribution in [0.4, 0.5) is 5.82 Å². The molecule has 2 aromatic rings. The van der Waals surface area contributed by atoms with E-state index in [9.17, 15) is 0 Å². The first kappa shape index (κ1) is 19.5. The largest absolute Gasteiger partial charge is 0.382 e. The van der Waals surface area contributed by atoms with Gasteiger partial charge in [-0.25, -0.2) is 9.97 Å². The van der Waals surface area contributed by atoms with E-state index in [1.807, 2.05) is 0 Å². The number of pyridine rings is 1. The Morgan fingerprint density at radius 1 is 1.08 bits per heavy atom. The van der Waals surface area contributed by atoms with Crippen molar-refractivity contribution in [2.45, 2.75) is 78.7 Å². The molecule has 0 saturated heterocycles. The average molecular weight is 375 g/mol. The normalized spacial score (nSPS) is 14.4. The molecule has 1 aliphatic rings. The van der Waals surface area contributed by atoms with Crippen molar-refractivity contribution in [2.24, 2.45) is 5.92 Å². The van der Waals surface area contributed by atoms with Crippen molar-refractivity contribution < 1.29 is 0 Å². The number of nitrogens with two attached hydrogens (primary N) is 1. The SMILES string of the molecule is CCCCSCCCCCn1c(CC2CC2)nc2c(N)nc(C)c(C)c21. The lowest BCUT2D eigenvalue weighted by atomic mass is 10.2. The third-order valence-corrected chi connectivity index (χ3v) is 6.61. The molecule has 26 heavy (non-hydrogen) atoms. The smallest absolute Gasteiger partial charge is 0.151 e. The molecular formula is C21H34N4S. The molecule has 0 bridgehead atoms. The Balaban J connectivity index is 1.67. The number of nitrogen functional groups attached to an aromatic ring is 1. The van der Waals surface area contributed by atoms with Crippen molar-refractivity contribution in [1.29, 1.82) is 0 Å². The number of thioether (sulfide) groups is 1. The van der Waals surface area contributed by atoms with E-state index in [1.54, 1.807) is 0 Å². The van der Waals surface area contributed by atoms with Crippen molar-refractivity contribution in [2.75, 3.05) is 17.2 Å². The highest BCUT2D eigenvalue weighted by Gasteiger charge is 2.26. The van der Waals surface area contributed by atoms with E-state index in [1.165, 1.54) is 73.4 Å². The second-order valence-corrected chi connectivity index (χ2v) is 8.98. The molecule has 2 N–H and O–H groups in total. The quantitative estimate of drug-likeness (QED) is 0.543. The average Bonchev–Trinajstić information content (AvgIpc) is 3.35. The van der Waals surface area contributed by atoms with Gasteiger partial charge in [0.15, 0.2) is 5.82 Å². The molecule has 4 nitrogen and oxygen atoms in total. The first-order chi connectivity index (χ1) is 12.6. The number of aromatic nitrogens is 3. The fraction of sp³-hybridized carbons (Fsp3) is 0.714. The lowest BCUT2D eigenvalue weighted by molar-refractivity contribution is 0.582. The molecule has 2 heterocycles.